The normalized spacial score (nSPS) is 16.2. The maximum Gasteiger partial charge on any atom is 0.333 e. The second-order valence-electron chi connectivity index (χ2n) is 9.54. The van der Waals surface area contributed by atoms with Gasteiger partial charge in [-0.05, 0) is 42.5 Å². The van der Waals surface area contributed by atoms with Crippen LogP contribution in [0.3, 0.4) is 0 Å². The van der Waals surface area contributed by atoms with E-state index in [4.69, 9.17) is 10.5 Å². The summed E-state index contributed by atoms with van der Waals surface area (Å²) in [5, 5.41) is 3.28. The first-order valence-corrected chi connectivity index (χ1v) is 12.3. The number of hydrogen-bond acceptors (Lipinski definition) is 6. The number of hydrogen-bond donors (Lipinski definition) is 1. The number of likely N-dealkylation sites (N-methyl/N-ethyl adjacent to an activating group) is 1. The van der Waals surface area contributed by atoms with Gasteiger partial charge in [-0.3, -0.25) is 9.20 Å². The van der Waals surface area contributed by atoms with Crippen molar-refractivity contribution in [2.24, 2.45) is 0 Å². The number of aromatic nitrogens is 5. The van der Waals surface area contributed by atoms with Crippen molar-refractivity contribution in [2.45, 2.75) is 31.4 Å². The summed E-state index contributed by atoms with van der Waals surface area (Å²) in [5.74, 6) is 0.636. The molecule has 1 amide bonds. The lowest BCUT2D eigenvalue weighted by molar-refractivity contribution is 0.0566. The summed E-state index contributed by atoms with van der Waals surface area (Å²) in [6.45, 7) is -2.16. The number of carbonyl (C=O) groups is 1. The number of nitrogens with two attached hydrogens (primary N) is 1. The van der Waals surface area contributed by atoms with Gasteiger partial charge >= 0.3 is 6.55 Å². The Morgan fingerprint density at radius 3 is 2.72 bits per heavy atom. The van der Waals surface area contributed by atoms with Crippen LogP contribution in [0.4, 0.5) is 19.0 Å². The summed E-state index contributed by atoms with van der Waals surface area (Å²) in [6, 6.07) is 10.1. The van der Waals surface area contributed by atoms with Gasteiger partial charge in [-0.15, -0.1) is 0 Å². The summed E-state index contributed by atoms with van der Waals surface area (Å²) in [4.78, 5) is 23.2. The van der Waals surface area contributed by atoms with Crippen LogP contribution in [0.2, 0.25) is 0 Å². The lowest BCUT2D eigenvalue weighted by Crippen LogP contribution is -2.32. The van der Waals surface area contributed by atoms with Crippen LogP contribution in [0.5, 0.6) is 5.75 Å². The van der Waals surface area contributed by atoms with Crippen molar-refractivity contribution < 1.29 is 22.7 Å². The third-order valence-electron chi connectivity index (χ3n) is 7.05. The lowest BCUT2D eigenvalue weighted by atomic mass is 10.0. The van der Waals surface area contributed by atoms with E-state index in [2.05, 4.69) is 27.2 Å². The third kappa shape index (κ3) is 4.51. The zero-order valence-corrected chi connectivity index (χ0v) is 20.8. The van der Waals surface area contributed by atoms with Crippen molar-refractivity contribution in [1.82, 2.24) is 29.0 Å². The molecule has 4 heterocycles. The first-order chi connectivity index (χ1) is 18.8. The average Bonchev–Trinajstić information content (AvgIpc) is 3.31. The number of amides is 1. The molecule has 12 heteroatoms. The number of nitrogen functional groups attached to an aromatic ring is 1. The fraction of sp³-hybridized carbons (Fsp3) is 0.259. The molecule has 200 valence electrons. The van der Waals surface area contributed by atoms with Gasteiger partial charge in [0.05, 0.1) is 35.2 Å². The number of carbonyl (C=O) groups excluding carboxylic acids is 1. The molecule has 1 saturated carbocycles. The minimum absolute atomic E-state index is 0.0281. The van der Waals surface area contributed by atoms with E-state index in [-0.39, 0.29) is 17.4 Å². The largest absolute Gasteiger partial charge is 0.491 e. The van der Waals surface area contributed by atoms with E-state index in [0.29, 0.717) is 33.8 Å². The first-order valence-electron chi connectivity index (χ1n) is 12.3. The van der Waals surface area contributed by atoms with Gasteiger partial charge in [-0.2, -0.15) is 13.9 Å². The molecule has 1 aliphatic heterocycles. The molecule has 0 spiro atoms. The number of anilines is 1. The van der Waals surface area contributed by atoms with Crippen molar-refractivity contribution in [3.63, 3.8) is 0 Å². The Hall–Kier alpha value is -4.61. The fourth-order valence-corrected chi connectivity index (χ4v) is 4.79. The van der Waals surface area contributed by atoms with E-state index in [1.165, 1.54) is 49.0 Å². The summed E-state index contributed by atoms with van der Waals surface area (Å²) in [7, 11) is 1.68. The Labute approximate surface area is 220 Å². The second kappa shape index (κ2) is 9.61. The number of rotatable bonds is 4. The van der Waals surface area contributed by atoms with Gasteiger partial charge in [0.1, 0.15) is 29.5 Å². The maximum atomic E-state index is 14.9. The van der Waals surface area contributed by atoms with Crippen LogP contribution < -0.4 is 10.5 Å². The SMILES string of the molecule is CN(C(=O)c1cc2c(cc1F)nc(N)c1cncn12)C1COc2cc(C3CC3)ccc21.FC(F)n1cccn1. The van der Waals surface area contributed by atoms with Gasteiger partial charge in [-0.25, -0.2) is 19.0 Å². The minimum atomic E-state index is -2.51. The topological polar surface area (TPSA) is 104 Å². The molecule has 0 saturated heterocycles. The molecule has 2 N–H and O–H groups in total. The van der Waals surface area contributed by atoms with E-state index in [1.54, 1.807) is 28.9 Å². The van der Waals surface area contributed by atoms with Crippen LogP contribution in [0.25, 0.3) is 16.6 Å². The predicted molar refractivity (Wildman–Crippen MR) is 137 cm³/mol. The Kier molecular flexibility index (Phi) is 6.09. The van der Waals surface area contributed by atoms with Gasteiger partial charge in [0.15, 0.2) is 0 Å². The highest BCUT2D eigenvalue weighted by Crippen LogP contribution is 2.44. The van der Waals surface area contributed by atoms with Crippen LogP contribution >= 0.6 is 0 Å². The maximum absolute atomic E-state index is 14.9. The van der Waals surface area contributed by atoms with Crippen molar-refractivity contribution in [3.8, 4) is 5.75 Å². The lowest BCUT2D eigenvalue weighted by Gasteiger charge is -2.24. The van der Waals surface area contributed by atoms with E-state index in [1.807, 2.05) is 6.07 Å². The quantitative estimate of drug-likeness (QED) is 0.349. The van der Waals surface area contributed by atoms with Crippen LogP contribution in [0.1, 0.15) is 52.8 Å². The van der Waals surface area contributed by atoms with Crippen molar-refractivity contribution in [2.75, 3.05) is 19.4 Å². The number of alkyl halides is 2. The standard InChI is InChI=1S/C23H20FN5O2.C4H4F2N2/c1-28(20-10-31-21-6-13(12-2-3-12)4-5-14(20)21)23(30)15-7-18-17(8-16(15)24)27-22(25)19-9-26-11-29(18)19;5-4(6)8-3-1-2-7-8/h4-9,11-12,20H,2-3,10H2,1H3,(H2,25,27);1-4H. The summed E-state index contributed by atoms with van der Waals surface area (Å²) >= 11 is 0. The summed E-state index contributed by atoms with van der Waals surface area (Å²) < 4.78 is 46.1. The van der Waals surface area contributed by atoms with Crippen LogP contribution in [0, 0.1) is 5.82 Å². The highest BCUT2D eigenvalue weighted by atomic mass is 19.3. The molecule has 5 aromatic rings. The highest BCUT2D eigenvalue weighted by Gasteiger charge is 2.33. The predicted octanol–water partition coefficient (Wildman–Crippen LogP) is 4.97. The molecule has 0 radical (unpaired) electrons. The molecule has 1 atom stereocenters. The number of halogens is 3. The van der Waals surface area contributed by atoms with Crippen LogP contribution in [-0.4, -0.2) is 48.6 Å². The minimum Gasteiger partial charge on any atom is -0.491 e. The van der Waals surface area contributed by atoms with Crippen molar-refractivity contribution in [3.05, 3.63) is 83.8 Å². The Bertz CT molecular complexity index is 1680. The zero-order valence-electron chi connectivity index (χ0n) is 20.8. The monoisotopic (exact) mass is 535 g/mol. The molecule has 2 aromatic carbocycles. The summed E-state index contributed by atoms with van der Waals surface area (Å²) in [5.41, 5.74) is 9.68. The van der Waals surface area contributed by atoms with E-state index >= 15 is 0 Å². The van der Waals surface area contributed by atoms with Gasteiger partial charge in [0, 0.05) is 31.1 Å². The van der Waals surface area contributed by atoms with Crippen molar-refractivity contribution >= 4 is 28.3 Å². The van der Waals surface area contributed by atoms with Gasteiger partial charge in [0.2, 0.25) is 0 Å². The molecule has 39 heavy (non-hydrogen) atoms. The van der Waals surface area contributed by atoms with E-state index in [0.717, 1.165) is 11.3 Å². The van der Waals surface area contributed by atoms with E-state index in [9.17, 15) is 18.0 Å². The number of ether oxygens (including phenoxy) is 1. The van der Waals surface area contributed by atoms with Crippen LogP contribution in [0.15, 0.2) is 61.3 Å². The van der Waals surface area contributed by atoms with E-state index < -0.39 is 18.3 Å². The van der Waals surface area contributed by atoms with Crippen molar-refractivity contribution in [1.29, 1.82) is 0 Å². The molecular weight excluding hydrogens is 511 g/mol. The molecule has 3 aromatic heterocycles. The third-order valence-corrected chi connectivity index (χ3v) is 7.05. The molecule has 7 rings (SSSR count). The number of imidazole rings is 1. The molecule has 1 fully saturated rings. The number of benzene rings is 2. The second-order valence-corrected chi connectivity index (χ2v) is 9.54. The number of nitrogens with zero attached hydrogens (tertiary/aromatic N) is 6. The number of fused-ring (bicyclic) bond motifs is 4. The molecular formula is C27H24F3N7O2. The Morgan fingerprint density at radius 1 is 1.21 bits per heavy atom. The van der Waals surface area contributed by atoms with Crippen LogP contribution in [-0.2, 0) is 0 Å². The molecule has 9 nitrogen and oxygen atoms in total. The molecule has 1 unspecified atom stereocenters. The zero-order chi connectivity index (χ0) is 27.3. The molecule has 1 aliphatic carbocycles. The summed E-state index contributed by atoms with van der Waals surface area (Å²) in [6.07, 6.45) is 8.11. The average molecular weight is 536 g/mol. The van der Waals surface area contributed by atoms with Gasteiger partial charge in [-0.1, -0.05) is 12.1 Å². The fourth-order valence-electron chi connectivity index (χ4n) is 4.79. The Balaban J connectivity index is 0.000000299. The molecule has 0 bridgehead atoms. The Morgan fingerprint density at radius 2 is 2.03 bits per heavy atom. The highest BCUT2D eigenvalue weighted by molar-refractivity contribution is 5.98. The molecule has 2 aliphatic rings. The smallest absolute Gasteiger partial charge is 0.333 e. The van der Waals surface area contributed by atoms with Gasteiger partial charge in [0.25, 0.3) is 5.91 Å². The first kappa shape index (κ1) is 24.7. The van der Waals surface area contributed by atoms with Gasteiger partial charge < -0.3 is 15.4 Å².